The number of amides is 1. The summed E-state index contributed by atoms with van der Waals surface area (Å²) in [4.78, 5) is 11.9. The monoisotopic (exact) mass is 466 g/mol. The van der Waals surface area contributed by atoms with E-state index in [1.165, 1.54) is 0 Å². The van der Waals surface area contributed by atoms with Crippen LogP contribution in [0.5, 0.6) is 11.5 Å². The minimum absolute atomic E-state index is 0.242. The number of halogens is 3. The van der Waals surface area contributed by atoms with E-state index in [4.69, 9.17) is 9.47 Å². The highest BCUT2D eigenvalue weighted by molar-refractivity contribution is 7.99. The first-order valence-electron chi connectivity index (χ1n) is 9.60. The number of ether oxygens (including phenoxy) is 2. The third-order valence-corrected chi connectivity index (χ3v) is 5.13. The highest BCUT2D eigenvalue weighted by atomic mass is 32.2. The fourth-order valence-electron chi connectivity index (χ4n) is 2.76. The molecule has 1 heterocycles. The van der Waals surface area contributed by atoms with Crippen LogP contribution in [0.3, 0.4) is 0 Å². The lowest BCUT2D eigenvalue weighted by atomic mass is 10.2. The Balaban J connectivity index is 1.89. The molecule has 0 unspecified atom stereocenters. The molecule has 170 valence electrons. The fourth-order valence-corrected chi connectivity index (χ4v) is 3.54. The molecule has 0 radical (unpaired) electrons. The Labute approximate surface area is 186 Å². The number of nitrogens with zero attached hydrogens (tertiary/aromatic N) is 3. The molecule has 1 N–H and O–H groups in total. The average molecular weight is 466 g/mol. The number of aromatic nitrogens is 3. The molecule has 1 amide bonds. The Morgan fingerprint density at radius 1 is 1.06 bits per heavy atom. The maximum Gasteiger partial charge on any atom is 0.405 e. The zero-order valence-electron chi connectivity index (χ0n) is 17.3. The third-order valence-electron chi connectivity index (χ3n) is 4.21. The molecule has 0 aliphatic rings. The number of carbonyl (C=O) groups excluding carboxylic acids is 1. The number of hydrogen-bond donors (Lipinski definition) is 1. The van der Waals surface area contributed by atoms with E-state index in [1.807, 2.05) is 36.5 Å². The summed E-state index contributed by atoms with van der Waals surface area (Å²) in [6.07, 6.45) is -4.47. The van der Waals surface area contributed by atoms with Gasteiger partial charge in [0, 0.05) is 11.3 Å². The van der Waals surface area contributed by atoms with Gasteiger partial charge in [0.2, 0.25) is 5.91 Å². The van der Waals surface area contributed by atoms with Crippen LogP contribution in [0, 0.1) is 0 Å². The van der Waals surface area contributed by atoms with E-state index in [2.05, 4.69) is 10.2 Å². The van der Waals surface area contributed by atoms with Crippen molar-refractivity contribution in [2.75, 3.05) is 26.0 Å². The second-order valence-corrected chi connectivity index (χ2v) is 7.42. The summed E-state index contributed by atoms with van der Waals surface area (Å²) in [5.41, 5.74) is 1.46. The Morgan fingerprint density at radius 2 is 1.72 bits per heavy atom. The van der Waals surface area contributed by atoms with E-state index in [1.54, 1.807) is 35.9 Å². The zero-order chi connectivity index (χ0) is 23.1. The summed E-state index contributed by atoms with van der Waals surface area (Å²) in [6.45, 7) is 1.03. The van der Waals surface area contributed by atoms with Gasteiger partial charge in [-0.05, 0) is 55.5 Å². The minimum atomic E-state index is -4.47. The maximum absolute atomic E-state index is 12.3. The molecule has 0 aliphatic carbocycles. The topological polar surface area (TPSA) is 78.3 Å². The molecular formula is C21H21F3N4O3S. The lowest BCUT2D eigenvalue weighted by molar-refractivity contribution is -0.136. The average Bonchev–Trinajstić information content (AvgIpc) is 3.20. The Morgan fingerprint density at radius 3 is 2.31 bits per heavy atom. The van der Waals surface area contributed by atoms with Crippen molar-refractivity contribution in [1.82, 2.24) is 20.1 Å². The van der Waals surface area contributed by atoms with Crippen LogP contribution in [0.2, 0.25) is 0 Å². The van der Waals surface area contributed by atoms with E-state index < -0.39 is 18.6 Å². The van der Waals surface area contributed by atoms with Gasteiger partial charge in [-0.3, -0.25) is 9.36 Å². The van der Waals surface area contributed by atoms with Crippen molar-refractivity contribution in [1.29, 1.82) is 0 Å². The SMILES string of the molecule is CCOc1ccc(-n2c(SCC(=O)NCC(F)(F)F)nnc2-c2ccc(OC)cc2)cc1. The lowest BCUT2D eigenvalue weighted by Crippen LogP contribution is -2.34. The summed E-state index contributed by atoms with van der Waals surface area (Å²) >= 11 is 0.992. The number of rotatable bonds is 9. The first-order valence-corrected chi connectivity index (χ1v) is 10.6. The quantitative estimate of drug-likeness (QED) is 0.478. The van der Waals surface area contributed by atoms with Crippen molar-refractivity contribution >= 4 is 17.7 Å². The number of carbonyl (C=O) groups is 1. The molecule has 3 rings (SSSR count). The summed E-state index contributed by atoms with van der Waals surface area (Å²) < 4.78 is 49.4. The van der Waals surface area contributed by atoms with E-state index in [9.17, 15) is 18.0 Å². The van der Waals surface area contributed by atoms with Gasteiger partial charge < -0.3 is 14.8 Å². The minimum Gasteiger partial charge on any atom is -0.497 e. The van der Waals surface area contributed by atoms with Gasteiger partial charge in [0.15, 0.2) is 11.0 Å². The number of benzene rings is 2. The fraction of sp³-hybridized carbons (Fsp3) is 0.286. The van der Waals surface area contributed by atoms with E-state index in [0.29, 0.717) is 34.8 Å². The lowest BCUT2D eigenvalue weighted by Gasteiger charge is -2.12. The van der Waals surface area contributed by atoms with Crippen LogP contribution in [0.4, 0.5) is 13.2 Å². The molecule has 0 saturated heterocycles. The molecule has 1 aromatic heterocycles. The summed E-state index contributed by atoms with van der Waals surface area (Å²) in [5.74, 6) is 0.885. The molecule has 0 aliphatic heterocycles. The van der Waals surface area contributed by atoms with Crippen LogP contribution >= 0.6 is 11.8 Å². The smallest absolute Gasteiger partial charge is 0.405 e. The number of nitrogens with one attached hydrogen (secondary N) is 1. The molecule has 3 aromatic rings. The highest BCUT2D eigenvalue weighted by Gasteiger charge is 2.27. The van der Waals surface area contributed by atoms with E-state index in [-0.39, 0.29) is 5.75 Å². The van der Waals surface area contributed by atoms with Crippen molar-refractivity contribution < 1.29 is 27.4 Å². The van der Waals surface area contributed by atoms with Gasteiger partial charge in [-0.25, -0.2) is 0 Å². The van der Waals surface area contributed by atoms with Crippen molar-refractivity contribution in [2.45, 2.75) is 18.3 Å². The van der Waals surface area contributed by atoms with Crippen LogP contribution in [0.15, 0.2) is 53.7 Å². The van der Waals surface area contributed by atoms with E-state index in [0.717, 1.165) is 17.3 Å². The van der Waals surface area contributed by atoms with Crippen LogP contribution in [0.25, 0.3) is 17.1 Å². The largest absolute Gasteiger partial charge is 0.497 e. The third kappa shape index (κ3) is 6.16. The summed E-state index contributed by atoms with van der Waals surface area (Å²) in [6, 6.07) is 14.4. The number of alkyl halides is 3. The van der Waals surface area contributed by atoms with Crippen molar-refractivity contribution in [3.63, 3.8) is 0 Å². The number of methoxy groups -OCH3 is 1. The molecule has 11 heteroatoms. The molecule has 2 aromatic carbocycles. The predicted molar refractivity (Wildman–Crippen MR) is 114 cm³/mol. The Hall–Kier alpha value is -3.21. The number of hydrogen-bond acceptors (Lipinski definition) is 6. The van der Waals surface area contributed by atoms with Gasteiger partial charge in [0.05, 0.1) is 19.5 Å². The van der Waals surface area contributed by atoms with Gasteiger partial charge in [-0.15, -0.1) is 10.2 Å². The van der Waals surface area contributed by atoms with E-state index >= 15 is 0 Å². The van der Waals surface area contributed by atoms with Gasteiger partial charge in [-0.1, -0.05) is 11.8 Å². The molecule has 32 heavy (non-hydrogen) atoms. The van der Waals surface area contributed by atoms with Crippen LogP contribution in [-0.4, -0.2) is 52.9 Å². The normalized spacial score (nSPS) is 11.3. The van der Waals surface area contributed by atoms with Crippen LogP contribution in [-0.2, 0) is 4.79 Å². The Kier molecular flexibility index (Phi) is 7.62. The van der Waals surface area contributed by atoms with Crippen molar-refractivity contribution in [3.8, 4) is 28.6 Å². The van der Waals surface area contributed by atoms with Gasteiger partial charge in [-0.2, -0.15) is 13.2 Å². The molecular weight excluding hydrogens is 445 g/mol. The second kappa shape index (κ2) is 10.4. The summed E-state index contributed by atoms with van der Waals surface area (Å²) in [7, 11) is 1.57. The van der Waals surface area contributed by atoms with Crippen molar-refractivity contribution in [3.05, 3.63) is 48.5 Å². The predicted octanol–water partition coefficient (Wildman–Crippen LogP) is 4.11. The molecule has 7 nitrogen and oxygen atoms in total. The first kappa shape index (κ1) is 23.5. The molecule has 0 atom stereocenters. The van der Waals surface area contributed by atoms with Crippen molar-refractivity contribution in [2.24, 2.45) is 0 Å². The molecule has 0 saturated carbocycles. The zero-order valence-corrected chi connectivity index (χ0v) is 18.2. The van der Waals surface area contributed by atoms with Gasteiger partial charge in [0.25, 0.3) is 0 Å². The van der Waals surface area contributed by atoms with Gasteiger partial charge in [0.1, 0.15) is 18.0 Å². The summed E-state index contributed by atoms with van der Waals surface area (Å²) in [5, 5.41) is 10.6. The molecule has 0 fully saturated rings. The standard InChI is InChI=1S/C21H21F3N4O3S/c1-3-31-17-10-6-15(7-11-17)28-19(14-4-8-16(30-2)9-5-14)26-27-20(28)32-12-18(29)25-13-21(22,23)24/h4-11H,3,12-13H2,1-2H3,(H,25,29). The number of thioether (sulfide) groups is 1. The molecule has 0 bridgehead atoms. The first-order chi connectivity index (χ1) is 15.3. The highest BCUT2D eigenvalue weighted by Crippen LogP contribution is 2.30. The van der Waals surface area contributed by atoms with Gasteiger partial charge >= 0.3 is 6.18 Å². The second-order valence-electron chi connectivity index (χ2n) is 6.48. The Bertz CT molecular complexity index is 1040. The molecule has 0 spiro atoms. The van der Waals surface area contributed by atoms with Crippen LogP contribution in [0.1, 0.15) is 6.92 Å². The maximum atomic E-state index is 12.3. The van der Waals surface area contributed by atoms with Crippen LogP contribution < -0.4 is 14.8 Å².